The van der Waals surface area contributed by atoms with Crippen LogP contribution in [-0.2, 0) is 0 Å². The molecule has 0 saturated heterocycles. The van der Waals surface area contributed by atoms with Crippen LogP contribution in [-0.4, -0.2) is 9.91 Å². The summed E-state index contributed by atoms with van der Waals surface area (Å²) in [6.45, 7) is 0. The molecule has 0 spiro atoms. The summed E-state index contributed by atoms with van der Waals surface area (Å²) in [5.41, 5.74) is -5.25. The number of nitrogens with one attached hydrogen (secondary N) is 1. The molecule has 0 aliphatic rings. The van der Waals surface area contributed by atoms with Gasteiger partial charge in [-0.25, -0.2) is 9.18 Å². The Morgan fingerprint density at radius 3 is 2.59 bits per heavy atom. The second-order valence-corrected chi connectivity index (χ2v) is 2.99. The van der Waals surface area contributed by atoms with Crippen molar-refractivity contribution in [1.29, 1.82) is 0 Å². The lowest BCUT2D eigenvalue weighted by molar-refractivity contribution is -0.386. The monoisotopic (exact) mass is 244 g/mol. The van der Waals surface area contributed by atoms with Crippen molar-refractivity contribution < 1.29 is 18.1 Å². The zero-order chi connectivity index (χ0) is 12.7. The van der Waals surface area contributed by atoms with Crippen molar-refractivity contribution >= 4 is 16.8 Å². The summed E-state index contributed by atoms with van der Waals surface area (Å²) in [6, 6.07) is 0.439. The molecule has 0 radical (unpaired) electrons. The molecule has 1 heterocycles. The SMILES string of the molecule is O=c1[nH]c2c([N+](=O)[O-])c(F)c(F)cc2oc1=O. The number of nitro benzene ring substituents is 1. The van der Waals surface area contributed by atoms with E-state index in [1.54, 1.807) is 4.98 Å². The van der Waals surface area contributed by atoms with Crippen molar-refractivity contribution in [3.8, 4) is 0 Å². The van der Waals surface area contributed by atoms with Crippen LogP contribution in [0.3, 0.4) is 0 Å². The van der Waals surface area contributed by atoms with Gasteiger partial charge >= 0.3 is 16.9 Å². The molecule has 2 aromatic rings. The first kappa shape index (κ1) is 10.9. The molecule has 7 nitrogen and oxygen atoms in total. The van der Waals surface area contributed by atoms with E-state index in [4.69, 9.17) is 0 Å². The fourth-order valence-corrected chi connectivity index (χ4v) is 1.27. The van der Waals surface area contributed by atoms with Crippen LogP contribution in [0.2, 0.25) is 0 Å². The molecule has 9 heteroatoms. The standard InChI is InChI=1S/C8H2F2N2O5/c9-2-1-3-5(6(4(2)10)12(15)16)11-7(13)8(14)17-3/h1H,(H,11,13). The van der Waals surface area contributed by atoms with Gasteiger partial charge in [-0.15, -0.1) is 0 Å². The van der Waals surface area contributed by atoms with Crippen LogP contribution in [0.1, 0.15) is 0 Å². The number of nitrogens with zero attached hydrogens (tertiary/aromatic N) is 1. The van der Waals surface area contributed by atoms with Crippen molar-refractivity contribution in [2.75, 3.05) is 0 Å². The molecule has 0 fully saturated rings. The summed E-state index contributed by atoms with van der Waals surface area (Å²) in [4.78, 5) is 32.8. The molecule has 0 atom stereocenters. The van der Waals surface area contributed by atoms with E-state index >= 15 is 0 Å². The van der Waals surface area contributed by atoms with Gasteiger partial charge in [-0.05, 0) is 0 Å². The lowest BCUT2D eigenvalue weighted by atomic mass is 10.2. The first-order valence-corrected chi connectivity index (χ1v) is 4.11. The minimum Gasteiger partial charge on any atom is -0.417 e. The van der Waals surface area contributed by atoms with E-state index < -0.39 is 44.5 Å². The normalized spacial score (nSPS) is 10.7. The van der Waals surface area contributed by atoms with Crippen LogP contribution >= 0.6 is 0 Å². The minimum atomic E-state index is -1.74. The Kier molecular flexibility index (Phi) is 2.23. The number of fused-ring (bicyclic) bond motifs is 1. The van der Waals surface area contributed by atoms with Gasteiger partial charge in [0.05, 0.1) is 4.92 Å². The number of halogens is 2. The van der Waals surface area contributed by atoms with E-state index in [9.17, 15) is 28.5 Å². The molecule has 1 N–H and O–H groups in total. The first-order chi connectivity index (χ1) is 7.91. The van der Waals surface area contributed by atoms with Crippen molar-refractivity contribution in [3.05, 3.63) is 48.6 Å². The van der Waals surface area contributed by atoms with Crippen LogP contribution in [0.15, 0.2) is 20.1 Å². The highest BCUT2D eigenvalue weighted by atomic mass is 19.2. The van der Waals surface area contributed by atoms with E-state index in [2.05, 4.69) is 4.42 Å². The summed E-state index contributed by atoms with van der Waals surface area (Å²) >= 11 is 0. The van der Waals surface area contributed by atoms with E-state index in [1.165, 1.54) is 0 Å². The lowest BCUT2D eigenvalue weighted by Gasteiger charge is -1.99. The van der Waals surface area contributed by atoms with Gasteiger partial charge in [0.2, 0.25) is 5.82 Å². The maximum absolute atomic E-state index is 13.2. The number of hydrogen-bond donors (Lipinski definition) is 1. The van der Waals surface area contributed by atoms with Crippen LogP contribution in [0.5, 0.6) is 0 Å². The smallest absolute Gasteiger partial charge is 0.402 e. The zero-order valence-corrected chi connectivity index (χ0v) is 7.82. The Hall–Kier alpha value is -2.58. The molecule has 2 rings (SSSR count). The maximum atomic E-state index is 13.2. The largest absolute Gasteiger partial charge is 0.417 e. The quantitative estimate of drug-likeness (QED) is 0.450. The average Bonchev–Trinajstić information content (AvgIpc) is 2.23. The zero-order valence-electron chi connectivity index (χ0n) is 7.82. The minimum absolute atomic E-state index is 0.439. The van der Waals surface area contributed by atoms with Crippen molar-refractivity contribution in [3.63, 3.8) is 0 Å². The Balaban J connectivity index is 3.09. The van der Waals surface area contributed by atoms with Gasteiger partial charge in [0.25, 0.3) is 0 Å². The van der Waals surface area contributed by atoms with Gasteiger partial charge < -0.3 is 9.40 Å². The number of hydrogen-bond acceptors (Lipinski definition) is 5. The van der Waals surface area contributed by atoms with Crippen molar-refractivity contribution in [1.82, 2.24) is 4.98 Å². The molecule has 0 amide bonds. The van der Waals surface area contributed by atoms with Crippen LogP contribution < -0.4 is 11.2 Å². The molecule has 88 valence electrons. The third kappa shape index (κ3) is 1.57. The number of H-pyrrole nitrogens is 1. The second-order valence-electron chi connectivity index (χ2n) is 2.99. The topological polar surface area (TPSA) is 106 Å². The van der Waals surface area contributed by atoms with Crippen LogP contribution in [0, 0.1) is 21.7 Å². The summed E-state index contributed by atoms with van der Waals surface area (Å²) in [5, 5.41) is 10.5. The van der Waals surface area contributed by atoms with E-state index in [0.29, 0.717) is 6.07 Å². The second kappa shape index (κ2) is 3.47. The molecule has 1 aromatic carbocycles. The Morgan fingerprint density at radius 1 is 1.35 bits per heavy atom. The van der Waals surface area contributed by atoms with E-state index in [1.807, 2.05) is 0 Å². The number of rotatable bonds is 1. The Morgan fingerprint density at radius 2 is 2.00 bits per heavy atom. The third-order valence-corrected chi connectivity index (χ3v) is 1.97. The third-order valence-electron chi connectivity index (χ3n) is 1.97. The van der Waals surface area contributed by atoms with Gasteiger partial charge in [-0.2, -0.15) is 4.39 Å². The fourth-order valence-electron chi connectivity index (χ4n) is 1.27. The molecule has 17 heavy (non-hydrogen) atoms. The summed E-state index contributed by atoms with van der Waals surface area (Å²) in [6.07, 6.45) is 0. The predicted octanol–water partition coefficient (Wildman–Crippen LogP) is 0.668. The molecule has 0 unspecified atom stereocenters. The molecule has 1 aromatic heterocycles. The lowest BCUT2D eigenvalue weighted by Crippen LogP contribution is -2.25. The van der Waals surface area contributed by atoms with Gasteiger partial charge in [-0.3, -0.25) is 14.9 Å². The average molecular weight is 244 g/mol. The number of nitro groups is 1. The van der Waals surface area contributed by atoms with Gasteiger partial charge in [0, 0.05) is 6.07 Å². The number of benzene rings is 1. The molecule has 0 aliphatic carbocycles. The highest BCUT2D eigenvalue weighted by Gasteiger charge is 2.25. The maximum Gasteiger partial charge on any atom is 0.402 e. The van der Waals surface area contributed by atoms with E-state index in [0.717, 1.165) is 0 Å². The Bertz CT molecular complexity index is 748. The number of aromatic nitrogens is 1. The summed E-state index contributed by atoms with van der Waals surface area (Å²) in [7, 11) is 0. The Labute approximate surface area is 89.4 Å². The number of aromatic amines is 1. The molecule has 0 saturated carbocycles. The van der Waals surface area contributed by atoms with Gasteiger partial charge in [-0.1, -0.05) is 0 Å². The highest BCUT2D eigenvalue weighted by Crippen LogP contribution is 2.27. The highest BCUT2D eigenvalue weighted by molar-refractivity contribution is 5.82. The molecular formula is C8H2F2N2O5. The molecule has 0 aliphatic heterocycles. The first-order valence-electron chi connectivity index (χ1n) is 4.11. The van der Waals surface area contributed by atoms with Crippen molar-refractivity contribution in [2.45, 2.75) is 0 Å². The molecular weight excluding hydrogens is 242 g/mol. The predicted molar refractivity (Wildman–Crippen MR) is 49.7 cm³/mol. The summed E-state index contributed by atoms with van der Waals surface area (Å²) < 4.78 is 30.4. The fraction of sp³-hybridized carbons (Fsp3) is 0. The molecule has 0 bridgehead atoms. The summed E-state index contributed by atoms with van der Waals surface area (Å²) in [5.74, 6) is -3.30. The van der Waals surface area contributed by atoms with Crippen LogP contribution in [0.4, 0.5) is 14.5 Å². The van der Waals surface area contributed by atoms with Crippen LogP contribution in [0.25, 0.3) is 11.1 Å². The van der Waals surface area contributed by atoms with Gasteiger partial charge in [0.15, 0.2) is 16.9 Å². The van der Waals surface area contributed by atoms with E-state index in [-0.39, 0.29) is 0 Å². The van der Waals surface area contributed by atoms with Gasteiger partial charge in [0.1, 0.15) is 0 Å². The van der Waals surface area contributed by atoms with Crippen molar-refractivity contribution in [2.24, 2.45) is 0 Å².